The van der Waals surface area contributed by atoms with Crippen molar-refractivity contribution in [3.05, 3.63) is 102 Å². The lowest BCUT2D eigenvalue weighted by atomic mass is 9.80. The van der Waals surface area contributed by atoms with Crippen molar-refractivity contribution in [2.24, 2.45) is 5.41 Å². The molecule has 0 spiro atoms. The fourth-order valence-corrected chi connectivity index (χ4v) is 3.42. The van der Waals surface area contributed by atoms with E-state index in [2.05, 4.69) is 107 Å². The normalized spacial score (nSPS) is 12.4. The van der Waals surface area contributed by atoms with Gasteiger partial charge in [-0.25, -0.2) is 0 Å². The van der Waals surface area contributed by atoms with Gasteiger partial charge in [-0.05, 0) is 56.7 Å². The molecule has 0 amide bonds. The number of pyridine rings is 1. The maximum atomic E-state index is 4.68. The van der Waals surface area contributed by atoms with Gasteiger partial charge >= 0.3 is 0 Å². The summed E-state index contributed by atoms with van der Waals surface area (Å²) in [5.74, 6) is 0.499. The minimum Gasteiger partial charge on any atom is -0.256 e. The zero-order valence-electron chi connectivity index (χ0n) is 18.3. The molecule has 0 aliphatic heterocycles. The standard InChI is InChI=1S/C28H31N/c1-19(2)23-13-14-25-24(18-23)15-16-29-27(25)20(3)17-26(21(4)28(5,6)7)22-11-9-8-10-12-22/h8-19H,3-4H2,1-2,5-7H3/b26-17+. The third-order valence-corrected chi connectivity index (χ3v) is 5.39. The molecule has 29 heavy (non-hydrogen) atoms. The smallest absolute Gasteiger partial charge is 0.0774 e. The van der Waals surface area contributed by atoms with E-state index < -0.39 is 0 Å². The number of hydrogen-bond acceptors (Lipinski definition) is 1. The highest BCUT2D eigenvalue weighted by Gasteiger charge is 2.20. The first kappa shape index (κ1) is 20.8. The van der Waals surface area contributed by atoms with E-state index in [0.717, 1.165) is 33.4 Å². The fraction of sp³-hybridized carbons (Fsp3) is 0.250. The number of fused-ring (bicyclic) bond motifs is 1. The van der Waals surface area contributed by atoms with Crippen molar-refractivity contribution in [3.8, 4) is 0 Å². The minimum atomic E-state index is -0.0414. The maximum absolute atomic E-state index is 4.68. The van der Waals surface area contributed by atoms with Gasteiger partial charge in [0.1, 0.15) is 0 Å². The number of allylic oxidation sites excluding steroid dienone is 4. The number of rotatable bonds is 5. The van der Waals surface area contributed by atoms with Gasteiger partial charge in [-0.1, -0.05) is 96.3 Å². The van der Waals surface area contributed by atoms with Crippen LogP contribution in [0.25, 0.3) is 21.9 Å². The summed E-state index contributed by atoms with van der Waals surface area (Å²) >= 11 is 0. The van der Waals surface area contributed by atoms with Gasteiger partial charge in [-0.2, -0.15) is 0 Å². The summed E-state index contributed by atoms with van der Waals surface area (Å²) in [6.07, 6.45) is 4.02. The highest BCUT2D eigenvalue weighted by Crippen LogP contribution is 2.37. The number of aromatic nitrogens is 1. The van der Waals surface area contributed by atoms with Crippen LogP contribution in [-0.4, -0.2) is 4.98 Å². The Morgan fingerprint density at radius 1 is 0.966 bits per heavy atom. The largest absolute Gasteiger partial charge is 0.256 e. The Bertz CT molecular complexity index is 1080. The molecule has 0 radical (unpaired) electrons. The highest BCUT2D eigenvalue weighted by molar-refractivity contribution is 5.97. The molecule has 148 valence electrons. The third-order valence-electron chi connectivity index (χ3n) is 5.39. The van der Waals surface area contributed by atoms with Crippen molar-refractivity contribution < 1.29 is 0 Å². The Hall–Kier alpha value is -2.93. The third kappa shape index (κ3) is 4.56. The molecule has 1 heterocycles. The summed E-state index contributed by atoms with van der Waals surface area (Å²) in [7, 11) is 0. The fourth-order valence-electron chi connectivity index (χ4n) is 3.42. The number of hydrogen-bond donors (Lipinski definition) is 0. The van der Waals surface area contributed by atoms with E-state index in [4.69, 9.17) is 0 Å². The lowest BCUT2D eigenvalue weighted by Gasteiger charge is -2.25. The quantitative estimate of drug-likeness (QED) is 0.407. The molecule has 0 saturated carbocycles. The van der Waals surface area contributed by atoms with E-state index in [9.17, 15) is 0 Å². The molecular weight excluding hydrogens is 350 g/mol. The van der Waals surface area contributed by atoms with Gasteiger partial charge < -0.3 is 0 Å². The first-order valence-electron chi connectivity index (χ1n) is 10.2. The zero-order valence-corrected chi connectivity index (χ0v) is 18.3. The number of nitrogens with zero attached hydrogens (tertiary/aromatic N) is 1. The van der Waals surface area contributed by atoms with E-state index >= 15 is 0 Å². The van der Waals surface area contributed by atoms with Crippen LogP contribution in [0.3, 0.4) is 0 Å². The second kappa shape index (κ2) is 8.21. The zero-order chi connectivity index (χ0) is 21.2. The first-order chi connectivity index (χ1) is 13.7. The maximum Gasteiger partial charge on any atom is 0.0774 e. The van der Waals surface area contributed by atoms with Crippen LogP contribution >= 0.6 is 0 Å². The molecule has 3 aromatic rings. The Morgan fingerprint density at radius 3 is 2.28 bits per heavy atom. The molecule has 3 rings (SSSR count). The monoisotopic (exact) mass is 381 g/mol. The molecule has 0 aliphatic carbocycles. The molecule has 0 bridgehead atoms. The predicted octanol–water partition coefficient (Wildman–Crippen LogP) is 8.06. The van der Waals surface area contributed by atoms with Crippen molar-refractivity contribution in [2.75, 3.05) is 0 Å². The molecule has 1 heteroatoms. The van der Waals surface area contributed by atoms with Crippen molar-refractivity contribution in [1.82, 2.24) is 4.98 Å². The van der Waals surface area contributed by atoms with Gasteiger partial charge in [0.15, 0.2) is 0 Å². The molecule has 0 atom stereocenters. The van der Waals surface area contributed by atoms with E-state index in [0.29, 0.717) is 5.92 Å². The minimum absolute atomic E-state index is 0.0414. The molecule has 2 aromatic carbocycles. The molecule has 0 N–H and O–H groups in total. The lowest BCUT2D eigenvalue weighted by Crippen LogP contribution is -2.10. The van der Waals surface area contributed by atoms with Gasteiger partial charge in [-0.15, -0.1) is 0 Å². The molecule has 1 nitrogen and oxygen atoms in total. The van der Waals surface area contributed by atoms with E-state index in [1.165, 1.54) is 10.9 Å². The second-order valence-corrected chi connectivity index (χ2v) is 8.97. The summed E-state index contributed by atoms with van der Waals surface area (Å²) in [6.45, 7) is 19.8. The summed E-state index contributed by atoms with van der Waals surface area (Å²) in [5.41, 5.74) is 6.47. The Morgan fingerprint density at radius 2 is 1.66 bits per heavy atom. The summed E-state index contributed by atoms with van der Waals surface area (Å²) in [6, 6.07) is 19.1. The second-order valence-electron chi connectivity index (χ2n) is 8.97. The van der Waals surface area contributed by atoms with Gasteiger partial charge in [0.05, 0.1) is 5.69 Å². The lowest BCUT2D eigenvalue weighted by molar-refractivity contribution is 0.522. The average molecular weight is 382 g/mol. The molecule has 0 fully saturated rings. The summed E-state index contributed by atoms with van der Waals surface area (Å²) in [5, 5.41) is 2.33. The molecule has 0 aliphatic rings. The van der Waals surface area contributed by atoms with Crippen LogP contribution in [0, 0.1) is 5.41 Å². The van der Waals surface area contributed by atoms with Gasteiger partial charge in [0.25, 0.3) is 0 Å². The Labute approximate surface area is 175 Å². The van der Waals surface area contributed by atoms with Crippen molar-refractivity contribution >= 4 is 21.9 Å². The van der Waals surface area contributed by atoms with Crippen LogP contribution in [0.15, 0.2) is 85.6 Å². The molecule has 1 aromatic heterocycles. The van der Waals surface area contributed by atoms with Crippen LogP contribution in [-0.2, 0) is 0 Å². The van der Waals surface area contributed by atoms with E-state index in [1.807, 2.05) is 12.3 Å². The SMILES string of the molecule is C=C(/C=C(\C(=C)C(C)(C)C)c1ccccc1)c1nccc2cc(C(C)C)ccc12. The molecule has 0 saturated heterocycles. The van der Waals surface area contributed by atoms with Crippen molar-refractivity contribution in [2.45, 2.75) is 40.5 Å². The van der Waals surface area contributed by atoms with Crippen LogP contribution in [0.5, 0.6) is 0 Å². The average Bonchev–Trinajstić information content (AvgIpc) is 2.70. The van der Waals surface area contributed by atoms with Crippen LogP contribution in [0.2, 0.25) is 0 Å². The highest BCUT2D eigenvalue weighted by atomic mass is 14.7. The van der Waals surface area contributed by atoms with E-state index in [-0.39, 0.29) is 5.41 Å². The van der Waals surface area contributed by atoms with Crippen LogP contribution in [0.1, 0.15) is 57.4 Å². The van der Waals surface area contributed by atoms with Crippen molar-refractivity contribution in [3.63, 3.8) is 0 Å². The van der Waals surface area contributed by atoms with Gasteiger partial charge in [0, 0.05) is 11.6 Å². The van der Waals surface area contributed by atoms with E-state index in [1.54, 1.807) is 0 Å². The summed E-state index contributed by atoms with van der Waals surface area (Å²) in [4.78, 5) is 4.68. The predicted molar refractivity (Wildman–Crippen MR) is 128 cm³/mol. The van der Waals surface area contributed by atoms with Gasteiger partial charge in [0.2, 0.25) is 0 Å². The van der Waals surface area contributed by atoms with Crippen molar-refractivity contribution in [1.29, 1.82) is 0 Å². The van der Waals surface area contributed by atoms with Crippen LogP contribution < -0.4 is 0 Å². The Kier molecular flexibility index (Phi) is 5.88. The molecule has 0 unspecified atom stereocenters. The molecular formula is C28H31N. The first-order valence-corrected chi connectivity index (χ1v) is 10.2. The Balaban J connectivity index is 2.12. The topological polar surface area (TPSA) is 12.9 Å². The number of benzene rings is 2. The summed E-state index contributed by atoms with van der Waals surface area (Å²) < 4.78 is 0. The van der Waals surface area contributed by atoms with Crippen LogP contribution in [0.4, 0.5) is 0 Å². The van der Waals surface area contributed by atoms with Gasteiger partial charge in [-0.3, -0.25) is 4.98 Å².